The number of ketones is 1. The van der Waals surface area contributed by atoms with Gasteiger partial charge in [-0.3, -0.25) is 14.9 Å². The zero-order valence-electron chi connectivity index (χ0n) is 14.4. The van der Waals surface area contributed by atoms with Crippen molar-refractivity contribution in [3.63, 3.8) is 0 Å². The van der Waals surface area contributed by atoms with Gasteiger partial charge in [0.25, 0.3) is 5.69 Å². The lowest BCUT2D eigenvalue weighted by molar-refractivity contribution is -0.385. The number of rotatable bonds is 7. The molecule has 0 aliphatic rings. The number of ether oxygens (including phenoxy) is 2. The highest BCUT2D eigenvalue weighted by atomic mass is 19.3. The van der Waals surface area contributed by atoms with Gasteiger partial charge in [0.2, 0.25) is 5.78 Å². The van der Waals surface area contributed by atoms with Crippen LogP contribution in [0.3, 0.4) is 0 Å². The van der Waals surface area contributed by atoms with E-state index in [2.05, 4.69) is 4.74 Å². The van der Waals surface area contributed by atoms with Gasteiger partial charge in [-0.15, -0.1) is 0 Å². The third kappa shape index (κ3) is 3.98. The van der Waals surface area contributed by atoms with Gasteiger partial charge in [-0.2, -0.15) is 8.78 Å². The molecule has 1 aromatic heterocycles. The first-order valence-electron chi connectivity index (χ1n) is 7.91. The lowest BCUT2D eigenvalue weighted by Crippen LogP contribution is -2.05. The number of allylic oxidation sites excluding steroid dienone is 1. The molecule has 144 valence electrons. The smallest absolute Gasteiger partial charge is 0.387 e. The van der Waals surface area contributed by atoms with Gasteiger partial charge in [-0.25, -0.2) is 0 Å². The van der Waals surface area contributed by atoms with Crippen LogP contribution in [0.2, 0.25) is 0 Å². The first-order valence-corrected chi connectivity index (χ1v) is 7.91. The summed E-state index contributed by atoms with van der Waals surface area (Å²) in [5.74, 6) is -1.08. The van der Waals surface area contributed by atoms with Gasteiger partial charge < -0.3 is 13.9 Å². The monoisotopic (exact) mass is 389 g/mol. The molecule has 2 aromatic carbocycles. The number of carbonyl (C=O) groups excluding carboxylic acids is 1. The van der Waals surface area contributed by atoms with Gasteiger partial charge in [0.15, 0.2) is 17.3 Å². The number of benzene rings is 2. The molecule has 0 N–H and O–H groups in total. The summed E-state index contributed by atoms with van der Waals surface area (Å²) in [5.41, 5.74) is -0.0153. The lowest BCUT2D eigenvalue weighted by Gasteiger charge is -2.10. The number of alkyl halides is 2. The summed E-state index contributed by atoms with van der Waals surface area (Å²) in [7, 11) is 1.20. The molecule has 0 atom stereocenters. The average Bonchev–Trinajstić information content (AvgIpc) is 3.10. The van der Waals surface area contributed by atoms with Gasteiger partial charge in [-0.05, 0) is 30.4 Å². The van der Waals surface area contributed by atoms with Gasteiger partial charge in [0.1, 0.15) is 5.58 Å². The molecule has 0 bridgehead atoms. The highest BCUT2D eigenvalue weighted by Crippen LogP contribution is 2.36. The second-order valence-corrected chi connectivity index (χ2v) is 5.54. The molecule has 0 radical (unpaired) electrons. The number of hydrogen-bond donors (Lipinski definition) is 0. The zero-order chi connectivity index (χ0) is 20.3. The topological polar surface area (TPSA) is 91.8 Å². The van der Waals surface area contributed by atoms with Crippen LogP contribution in [0.25, 0.3) is 17.0 Å². The Hall–Kier alpha value is -3.75. The van der Waals surface area contributed by atoms with Crippen molar-refractivity contribution in [2.45, 2.75) is 6.61 Å². The Morgan fingerprint density at radius 2 is 1.96 bits per heavy atom. The minimum Gasteiger partial charge on any atom is -0.493 e. The van der Waals surface area contributed by atoms with Crippen molar-refractivity contribution in [2.75, 3.05) is 7.11 Å². The van der Waals surface area contributed by atoms with E-state index in [0.717, 1.165) is 23.6 Å². The van der Waals surface area contributed by atoms with Crippen LogP contribution in [0.15, 0.2) is 53.0 Å². The molecule has 0 unspecified atom stereocenters. The number of nitro groups is 1. The number of fused-ring (bicyclic) bond motifs is 1. The molecule has 7 nitrogen and oxygen atoms in total. The highest BCUT2D eigenvalue weighted by Gasteiger charge is 2.21. The fourth-order valence-electron chi connectivity index (χ4n) is 2.56. The maximum absolute atomic E-state index is 12.5. The number of nitro benzene ring substituents is 1. The Labute approximate surface area is 156 Å². The Morgan fingerprint density at radius 3 is 2.61 bits per heavy atom. The first kappa shape index (κ1) is 19.0. The third-order valence-electron chi connectivity index (χ3n) is 3.81. The number of methoxy groups -OCH3 is 1. The van der Waals surface area contributed by atoms with Crippen LogP contribution in [0.1, 0.15) is 16.1 Å². The number of furan rings is 1. The van der Waals surface area contributed by atoms with Crippen molar-refractivity contribution in [3.8, 4) is 11.5 Å². The molecule has 0 amide bonds. The fourth-order valence-corrected chi connectivity index (χ4v) is 2.56. The van der Waals surface area contributed by atoms with E-state index in [1.807, 2.05) is 0 Å². The Morgan fingerprint density at radius 1 is 1.21 bits per heavy atom. The summed E-state index contributed by atoms with van der Waals surface area (Å²) >= 11 is 0. The number of halogens is 2. The van der Waals surface area contributed by atoms with Gasteiger partial charge in [0.05, 0.1) is 23.7 Å². The second kappa shape index (κ2) is 7.87. The van der Waals surface area contributed by atoms with Crippen LogP contribution in [0.4, 0.5) is 14.5 Å². The van der Waals surface area contributed by atoms with E-state index in [-0.39, 0.29) is 17.1 Å². The van der Waals surface area contributed by atoms with Crippen LogP contribution in [-0.2, 0) is 0 Å². The Bertz CT molecular complexity index is 1040. The zero-order valence-corrected chi connectivity index (χ0v) is 14.4. The standard InChI is InChI=1S/C19H13F2NO6/c1-26-17-8-11(13(22(24)25)10-18(17)28-19(20)21)6-7-14(23)16-9-12-4-2-3-5-15(12)27-16/h2-10,19H,1H3/b7-6+. The van der Waals surface area contributed by atoms with Crippen LogP contribution in [0, 0.1) is 10.1 Å². The molecule has 0 saturated heterocycles. The normalized spacial score (nSPS) is 11.3. The molecule has 3 aromatic rings. The van der Waals surface area contributed by atoms with Gasteiger partial charge >= 0.3 is 6.61 Å². The summed E-state index contributed by atoms with van der Waals surface area (Å²) in [5, 5.41) is 12.0. The van der Waals surface area contributed by atoms with E-state index in [1.165, 1.54) is 13.2 Å². The molecule has 0 aliphatic carbocycles. The summed E-state index contributed by atoms with van der Waals surface area (Å²) < 4.78 is 39.6. The largest absolute Gasteiger partial charge is 0.493 e. The summed E-state index contributed by atoms with van der Waals surface area (Å²) in [6.45, 7) is -3.18. The number of nitrogens with zero attached hydrogens (tertiary/aromatic N) is 1. The van der Waals surface area contributed by atoms with Crippen LogP contribution >= 0.6 is 0 Å². The second-order valence-electron chi connectivity index (χ2n) is 5.54. The average molecular weight is 389 g/mol. The van der Waals surface area contributed by atoms with Crippen molar-refractivity contribution in [2.24, 2.45) is 0 Å². The molecular formula is C19H13F2NO6. The molecule has 0 aliphatic heterocycles. The number of hydrogen-bond acceptors (Lipinski definition) is 6. The van der Waals surface area contributed by atoms with E-state index < -0.39 is 28.8 Å². The van der Waals surface area contributed by atoms with Crippen molar-refractivity contribution < 1.29 is 32.4 Å². The van der Waals surface area contributed by atoms with Crippen molar-refractivity contribution >= 4 is 28.5 Å². The quantitative estimate of drug-likeness (QED) is 0.248. The predicted molar refractivity (Wildman–Crippen MR) is 95.9 cm³/mol. The summed E-state index contributed by atoms with van der Waals surface area (Å²) in [6, 6.07) is 10.5. The van der Waals surface area contributed by atoms with E-state index >= 15 is 0 Å². The summed E-state index contributed by atoms with van der Waals surface area (Å²) in [4.78, 5) is 22.8. The number of carbonyl (C=O) groups is 1. The highest BCUT2D eigenvalue weighted by molar-refractivity contribution is 6.07. The molecular weight excluding hydrogens is 376 g/mol. The van der Waals surface area contributed by atoms with Crippen LogP contribution < -0.4 is 9.47 Å². The van der Waals surface area contributed by atoms with Crippen molar-refractivity contribution in [1.29, 1.82) is 0 Å². The van der Waals surface area contributed by atoms with Crippen LogP contribution in [-0.4, -0.2) is 24.4 Å². The molecule has 0 spiro atoms. The molecule has 9 heteroatoms. The van der Waals surface area contributed by atoms with Crippen LogP contribution in [0.5, 0.6) is 11.5 Å². The first-order chi connectivity index (χ1) is 13.4. The Balaban J connectivity index is 1.95. The molecule has 28 heavy (non-hydrogen) atoms. The maximum Gasteiger partial charge on any atom is 0.387 e. The van der Waals surface area contributed by atoms with Gasteiger partial charge in [0, 0.05) is 5.39 Å². The van der Waals surface area contributed by atoms with E-state index in [4.69, 9.17) is 9.15 Å². The van der Waals surface area contributed by atoms with Crippen molar-refractivity contribution in [3.05, 3.63) is 70.0 Å². The number of para-hydroxylation sites is 1. The lowest BCUT2D eigenvalue weighted by atomic mass is 10.1. The van der Waals surface area contributed by atoms with E-state index in [1.54, 1.807) is 30.3 Å². The van der Waals surface area contributed by atoms with Crippen molar-refractivity contribution in [1.82, 2.24) is 0 Å². The molecule has 0 saturated carbocycles. The SMILES string of the molecule is COc1cc(/C=C/C(=O)c2cc3ccccc3o2)c([N+](=O)[O-])cc1OC(F)F. The maximum atomic E-state index is 12.5. The molecule has 1 heterocycles. The molecule has 0 fully saturated rings. The summed E-state index contributed by atoms with van der Waals surface area (Å²) in [6.07, 6.45) is 2.27. The third-order valence-corrected chi connectivity index (χ3v) is 3.81. The van der Waals surface area contributed by atoms with E-state index in [0.29, 0.717) is 5.58 Å². The predicted octanol–water partition coefficient (Wildman–Crippen LogP) is 4.85. The van der Waals surface area contributed by atoms with Gasteiger partial charge in [-0.1, -0.05) is 18.2 Å². The minimum absolute atomic E-state index is 0.0204. The fraction of sp³-hybridized carbons (Fsp3) is 0.105. The molecule has 3 rings (SSSR count). The minimum atomic E-state index is -3.18. The Kier molecular flexibility index (Phi) is 5.35. The van der Waals surface area contributed by atoms with E-state index in [9.17, 15) is 23.7 Å².